The first-order valence-electron chi connectivity index (χ1n) is 6.48. The van der Waals surface area contributed by atoms with Gasteiger partial charge in [0.05, 0.1) is 6.61 Å². The second-order valence-electron chi connectivity index (χ2n) is 4.85. The molecule has 116 valence electrons. The van der Waals surface area contributed by atoms with Crippen molar-refractivity contribution in [2.24, 2.45) is 0 Å². The Morgan fingerprint density at radius 1 is 1.35 bits per heavy atom. The molecular formula is C12H19F3N2O3. The van der Waals surface area contributed by atoms with Crippen LogP contribution in [0.1, 0.15) is 33.6 Å². The van der Waals surface area contributed by atoms with E-state index in [0.717, 1.165) is 0 Å². The molecule has 0 aromatic carbocycles. The Labute approximate surface area is 115 Å². The molecule has 2 unspecified atom stereocenters. The molecule has 1 aliphatic rings. The molecule has 0 radical (unpaired) electrons. The van der Waals surface area contributed by atoms with Gasteiger partial charge in [-0.05, 0) is 19.8 Å². The van der Waals surface area contributed by atoms with E-state index in [-0.39, 0.29) is 18.4 Å². The summed E-state index contributed by atoms with van der Waals surface area (Å²) >= 11 is 0. The highest BCUT2D eigenvalue weighted by atomic mass is 19.4. The molecule has 1 N–H and O–H groups in total. The van der Waals surface area contributed by atoms with E-state index in [1.165, 1.54) is 4.90 Å². The number of ether oxygens (including phenoxy) is 1. The first kappa shape index (κ1) is 16.7. The van der Waals surface area contributed by atoms with E-state index in [0.29, 0.717) is 12.8 Å². The van der Waals surface area contributed by atoms with Crippen LogP contribution in [0.25, 0.3) is 0 Å². The van der Waals surface area contributed by atoms with E-state index in [1.807, 2.05) is 0 Å². The third-order valence-electron chi connectivity index (χ3n) is 3.63. The number of carbonyl (C=O) groups is 2. The summed E-state index contributed by atoms with van der Waals surface area (Å²) in [5, 5.41) is 2.60. The summed E-state index contributed by atoms with van der Waals surface area (Å²) in [6.07, 6.45) is -4.04. The van der Waals surface area contributed by atoms with Crippen LogP contribution in [0.5, 0.6) is 0 Å². The van der Waals surface area contributed by atoms with Gasteiger partial charge in [0.15, 0.2) is 0 Å². The Kier molecular flexibility index (Phi) is 5.01. The second-order valence-corrected chi connectivity index (χ2v) is 4.85. The van der Waals surface area contributed by atoms with Crippen LogP contribution in [-0.4, -0.2) is 47.8 Å². The lowest BCUT2D eigenvalue weighted by molar-refractivity contribution is -0.325. The van der Waals surface area contributed by atoms with Crippen molar-refractivity contribution in [3.63, 3.8) is 0 Å². The molecule has 2 atom stereocenters. The van der Waals surface area contributed by atoms with E-state index < -0.39 is 24.6 Å². The number of alkyl halides is 3. The zero-order chi connectivity index (χ0) is 15.6. The molecule has 1 saturated heterocycles. The maximum Gasteiger partial charge on any atom is 0.522 e. The SMILES string of the molecule is CCC1NC(=O)C(C)(CC)N(CCOC(F)(F)F)C1=O. The van der Waals surface area contributed by atoms with Gasteiger partial charge < -0.3 is 10.2 Å². The van der Waals surface area contributed by atoms with Gasteiger partial charge in [0.1, 0.15) is 11.6 Å². The van der Waals surface area contributed by atoms with Gasteiger partial charge in [0.25, 0.3) is 0 Å². The Morgan fingerprint density at radius 2 is 1.95 bits per heavy atom. The number of hydrogen-bond acceptors (Lipinski definition) is 3. The third kappa shape index (κ3) is 3.41. The van der Waals surface area contributed by atoms with Crippen molar-refractivity contribution in [1.82, 2.24) is 10.2 Å². The van der Waals surface area contributed by atoms with Gasteiger partial charge in [-0.1, -0.05) is 13.8 Å². The smallest absolute Gasteiger partial charge is 0.342 e. The molecule has 2 amide bonds. The lowest BCUT2D eigenvalue weighted by atomic mass is 9.90. The molecule has 1 aliphatic heterocycles. The van der Waals surface area contributed by atoms with Crippen molar-refractivity contribution in [2.45, 2.75) is 51.6 Å². The lowest BCUT2D eigenvalue weighted by Crippen LogP contribution is -2.69. The second kappa shape index (κ2) is 5.99. The Bertz CT molecular complexity index is 387. The number of nitrogens with one attached hydrogen (secondary N) is 1. The molecule has 1 heterocycles. The van der Waals surface area contributed by atoms with Crippen LogP contribution in [0.4, 0.5) is 13.2 Å². The third-order valence-corrected chi connectivity index (χ3v) is 3.63. The summed E-state index contributed by atoms with van der Waals surface area (Å²) in [5.41, 5.74) is -1.14. The average Bonchev–Trinajstić information content (AvgIpc) is 2.36. The van der Waals surface area contributed by atoms with E-state index in [9.17, 15) is 22.8 Å². The molecule has 0 bridgehead atoms. The highest BCUT2D eigenvalue weighted by Crippen LogP contribution is 2.26. The van der Waals surface area contributed by atoms with Crippen molar-refractivity contribution in [1.29, 1.82) is 0 Å². The number of nitrogens with zero attached hydrogens (tertiary/aromatic N) is 1. The molecule has 0 aromatic rings. The van der Waals surface area contributed by atoms with Crippen molar-refractivity contribution < 1.29 is 27.5 Å². The molecule has 0 saturated carbocycles. The standard InChI is InChI=1S/C12H19F3N2O3/c1-4-8-9(18)17(6-7-20-12(13,14)15)11(3,5-2)10(19)16-8/h8H,4-7H2,1-3H3,(H,16,19). The molecule has 0 spiro atoms. The molecule has 20 heavy (non-hydrogen) atoms. The highest BCUT2D eigenvalue weighted by molar-refractivity contribution is 5.99. The molecule has 8 heteroatoms. The summed E-state index contributed by atoms with van der Waals surface area (Å²) < 4.78 is 39.7. The van der Waals surface area contributed by atoms with E-state index in [2.05, 4.69) is 10.1 Å². The summed E-state index contributed by atoms with van der Waals surface area (Å²) in [5.74, 6) is -0.722. The van der Waals surface area contributed by atoms with Gasteiger partial charge in [-0.3, -0.25) is 14.3 Å². The molecule has 1 rings (SSSR count). The van der Waals surface area contributed by atoms with Crippen LogP contribution in [0.2, 0.25) is 0 Å². The summed E-state index contributed by atoms with van der Waals surface area (Å²) in [6.45, 7) is 4.01. The predicted molar refractivity (Wildman–Crippen MR) is 64.6 cm³/mol. The van der Waals surface area contributed by atoms with Crippen molar-refractivity contribution in [3.8, 4) is 0 Å². The summed E-state index contributed by atoms with van der Waals surface area (Å²) in [7, 11) is 0. The van der Waals surface area contributed by atoms with Crippen LogP contribution in [-0.2, 0) is 14.3 Å². The number of rotatable bonds is 5. The van der Waals surface area contributed by atoms with Crippen LogP contribution < -0.4 is 5.32 Å². The Balaban J connectivity index is 2.84. The first-order chi connectivity index (χ1) is 9.15. The van der Waals surface area contributed by atoms with E-state index >= 15 is 0 Å². The topological polar surface area (TPSA) is 58.6 Å². The molecular weight excluding hydrogens is 277 g/mol. The molecule has 0 aromatic heterocycles. The fourth-order valence-corrected chi connectivity index (χ4v) is 2.17. The van der Waals surface area contributed by atoms with Gasteiger partial charge in [-0.15, -0.1) is 13.2 Å². The van der Waals surface area contributed by atoms with Crippen molar-refractivity contribution in [2.75, 3.05) is 13.2 Å². The number of hydrogen-bond donors (Lipinski definition) is 1. The number of halogens is 3. The summed E-state index contributed by atoms with van der Waals surface area (Å²) in [4.78, 5) is 25.5. The number of amides is 2. The van der Waals surface area contributed by atoms with Gasteiger partial charge >= 0.3 is 6.36 Å². The summed E-state index contributed by atoms with van der Waals surface area (Å²) in [6, 6.07) is -0.687. The van der Waals surface area contributed by atoms with Crippen molar-refractivity contribution >= 4 is 11.8 Å². The largest absolute Gasteiger partial charge is 0.522 e. The predicted octanol–water partition coefficient (Wildman–Crippen LogP) is 1.43. The van der Waals surface area contributed by atoms with Crippen molar-refractivity contribution in [3.05, 3.63) is 0 Å². The number of piperazine rings is 1. The maximum atomic E-state index is 12.2. The molecule has 5 nitrogen and oxygen atoms in total. The van der Waals surface area contributed by atoms with Crippen LogP contribution in [0.15, 0.2) is 0 Å². The minimum Gasteiger partial charge on any atom is -0.342 e. The lowest BCUT2D eigenvalue weighted by Gasteiger charge is -2.45. The minimum absolute atomic E-state index is 0.271. The highest BCUT2D eigenvalue weighted by Gasteiger charge is 2.47. The van der Waals surface area contributed by atoms with Gasteiger partial charge in [0, 0.05) is 6.54 Å². The normalized spacial score (nSPS) is 27.7. The zero-order valence-electron chi connectivity index (χ0n) is 11.7. The number of carbonyl (C=O) groups excluding carboxylic acids is 2. The van der Waals surface area contributed by atoms with Gasteiger partial charge in [-0.2, -0.15) is 0 Å². The zero-order valence-corrected chi connectivity index (χ0v) is 11.7. The monoisotopic (exact) mass is 296 g/mol. The van der Waals surface area contributed by atoms with Gasteiger partial charge in [-0.25, -0.2) is 0 Å². The average molecular weight is 296 g/mol. The fraction of sp³-hybridized carbons (Fsp3) is 0.833. The first-order valence-corrected chi connectivity index (χ1v) is 6.48. The Morgan fingerprint density at radius 3 is 2.40 bits per heavy atom. The van der Waals surface area contributed by atoms with Crippen LogP contribution in [0.3, 0.4) is 0 Å². The van der Waals surface area contributed by atoms with Crippen LogP contribution in [0, 0.1) is 0 Å². The molecule has 1 fully saturated rings. The Hall–Kier alpha value is -1.31. The fourth-order valence-electron chi connectivity index (χ4n) is 2.17. The molecule has 0 aliphatic carbocycles. The minimum atomic E-state index is -4.74. The van der Waals surface area contributed by atoms with Crippen LogP contribution >= 0.6 is 0 Å². The maximum absolute atomic E-state index is 12.2. The quantitative estimate of drug-likeness (QED) is 0.835. The van der Waals surface area contributed by atoms with Gasteiger partial charge in [0.2, 0.25) is 11.8 Å². The van der Waals surface area contributed by atoms with E-state index in [4.69, 9.17) is 0 Å². The van der Waals surface area contributed by atoms with E-state index in [1.54, 1.807) is 20.8 Å².